The lowest BCUT2D eigenvalue weighted by Gasteiger charge is -2.36. The number of rotatable bonds is 5. The highest BCUT2D eigenvalue weighted by atomic mass is 32.1. The number of hydrogen-bond donors (Lipinski definition) is 1. The predicted octanol–water partition coefficient (Wildman–Crippen LogP) is 5.99. The van der Waals surface area contributed by atoms with E-state index in [0.29, 0.717) is 11.6 Å². The van der Waals surface area contributed by atoms with Crippen molar-refractivity contribution >= 4 is 28.3 Å². The molecule has 0 aliphatic carbocycles. The van der Waals surface area contributed by atoms with Gasteiger partial charge in [-0.2, -0.15) is 0 Å². The van der Waals surface area contributed by atoms with E-state index in [-0.39, 0.29) is 12.1 Å². The second kappa shape index (κ2) is 9.18. The van der Waals surface area contributed by atoms with Gasteiger partial charge in [0, 0.05) is 24.3 Å². The molecular weight excluding hydrogens is 418 g/mol. The Hall–Kier alpha value is -3.09. The fourth-order valence-corrected chi connectivity index (χ4v) is 4.96. The number of hydrogen-bond acceptors (Lipinski definition) is 4. The zero-order chi connectivity index (χ0) is 21.9. The van der Waals surface area contributed by atoms with Gasteiger partial charge in [0.25, 0.3) is 0 Å². The van der Waals surface area contributed by atoms with E-state index in [1.807, 2.05) is 28.6 Å². The maximum absolute atomic E-state index is 13.2. The lowest BCUT2D eigenvalue weighted by atomic mass is 10.00. The Labute approximate surface area is 192 Å². The van der Waals surface area contributed by atoms with Gasteiger partial charge in [0.15, 0.2) is 5.06 Å². The number of benzene rings is 2. The highest BCUT2D eigenvalue weighted by molar-refractivity contribution is 7.11. The zero-order valence-electron chi connectivity index (χ0n) is 18.2. The number of ether oxygens (including phenoxy) is 1. The number of piperidine rings is 1. The first-order valence-corrected chi connectivity index (χ1v) is 11.9. The van der Waals surface area contributed by atoms with Crippen LogP contribution in [0.1, 0.15) is 18.4 Å². The number of nitrogens with zero attached hydrogens (tertiary/aromatic N) is 2. The predicted molar refractivity (Wildman–Crippen MR) is 130 cm³/mol. The lowest BCUT2D eigenvalue weighted by molar-refractivity contribution is 0.0988. The Kier molecular flexibility index (Phi) is 5.97. The molecule has 2 aromatic heterocycles. The molecule has 5 nitrogen and oxygen atoms in total. The van der Waals surface area contributed by atoms with E-state index in [1.165, 1.54) is 22.3 Å². The number of nitrogens with one attached hydrogen (secondary N) is 1. The molecule has 32 heavy (non-hydrogen) atoms. The van der Waals surface area contributed by atoms with Crippen LogP contribution in [0, 0.1) is 0 Å². The zero-order valence-corrected chi connectivity index (χ0v) is 19.0. The summed E-state index contributed by atoms with van der Waals surface area (Å²) in [6.07, 6.45) is 3.62. The van der Waals surface area contributed by atoms with Crippen LogP contribution in [-0.2, 0) is 6.54 Å². The van der Waals surface area contributed by atoms with Crippen molar-refractivity contribution in [3.63, 3.8) is 0 Å². The maximum Gasteiger partial charge on any atom is 0.416 e. The van der Waals surface area contributed by atoms with Crippen molar-refractivity contribution in [3.05, 3.63) is 77.8 Å². The molecule has 1 aliphatic rings. The quantitative estimate of drug-likeness (QED) is 0.410. The SMILES string of the molecule is CN1CCC(N(Cc2cccc(-c3ccc4[nH]ccc4c3)c2)C(=O)Oc2cccs2)CC1. The van der Waals surface area contributed by atoms with E-state index in [2.05, 4.69) is 65.5 Å². The number of aromatic nitrogens is 1. The summed E-state index contributed by atoms with van der Waals surface area (Å²) in [5, 5.41) is 3.76. The molecule has 1 saturated heterocycles. The van der Waals surface area contributed by atoms with Crippen LogP contribution in [0.4, 0.5) is 4.79 Å². The second-order valence-electron chi connectivity index (χ2n) is 8.44. The van der Waals surface area contributed by atoms with Gasteiger partial charge < -0.3 is 19.5 Å². The summed E-state index contributed by atoms with van der Waals surface area (Å²) in [6, 6.07) is 20.9. The average molecular weight is 446 g/mol. The largest absolute Gasteiger partial charge is 0.416 e. The van der Waals surface area contributed by atoms with Crippen molar-refractivity contribution in [1.82, 2.24) is 14.8 Å². The number of amides is 1. The van der Waals surface area contributed by atoms with Gasteiger partial charge in [-0.05, 0) is 96.8 Å². The molecule has 0 bridgehead atoms. The van der Waals surface area contributed by atoms with Crippen molar-refractivity contribution in [3.8, 4) is 16.2 Å². The Balaban J connectivity index is 1.39. The molecule has 0 spiro atoms. The molecule has 6 heteroatoms. The van der Waals surface area contributed by atoms with Crippen molar-refractivity contribution in [2.24, 2.45) is 0 Å². The number of H-pyrrole nitrogens is 1. The van der Waals surface area contributed by atoms with E-state index < -0.39 is 0 Å². The molecular formula is C26H27N3O2S. The number of aromatic amines is 1. The van der Waals surface area contributed by atoms with Crippen LogP contribution in [-0.4, -0.2) is 47.1 Å². The van der Waals surface area contributed by atoms with Crippen LogP contribution in [0.3, 0.4) is 0 Å². The van der Waals surface area contributed by atoms with E-state index in [0.717, 1.165) is 42.6 Å². The molecule has 1 N–H and O–H groups in total. The fourth-order valence-electron chi connectivity index (χ4n) is 4.39. The summed E-state index contributed by atoms with van der Waals surface area (Å²) < 4.78 is 5.71. The maximum atomic E-state index is 13.2. The fraction of sp³-hybridized carbons (Fsp3) is 0.269. The summed E-state index contributed by atoms with van der Waals surface area (Å²) in [6.45, 7) is 2.52. The van der Waals surface area contributed by atoms with E-state index >= 15 is 0 Å². The topological polar surface area (TPSA) is 48.6 Å². The molecule has 0 radical (unpaired) electrons. The molecule has 1 fully saturated rings. The minimum Gasteiger partial charge on any atom is -0.399 e. The first kappa shape index (κ1) is 20.8. The standard InChI is InChI=1S/C26H27N3O2S/c1-28-13-10-23(11-14-28)29(26(30)31-25-6-3-15-32-25)18-19-4-2-5-20(16-19)21-7-8-24-22(17-21)9-12-27-24/h2-9,12,15-17,23,27H,10-11,13-14,18H2,1H3. The van der Waals surface area contributed by atoms with Crippen LogP contribution < -0.4 is 4.74 Å². The molecule has 164 valence electrons. The summed E-state index contributed by atoms with van der Waals surface area (Å²) in [5.41, 5.74) is 4.57. The molecule has 5 rings (SSSR count). The van der Waals surface area contributed by atoms with Gasteiger partial charge in [-0.3, -0.25) is 0 Å². The van der Waals surface area contributed by atoms with Gasteiger partial charge >= 0.3 is 6.09 Å². The second-order valence-corrected chi connectivity index (χ2v) is 9.35. The van der Waals surface area contributed by atoms with Crippen LogP contribution in [0.15, 0.2) is 72.2 Å². The highest BCUT2D eigenvalue weighted by Gasteiger charge is 2.28. The van der Waals surface area contributed by atoms with E-state index in [9.17, 15) is 4.79 Å². The number of carbonyl (C=O) groups excluding carboxylic acids is 1. The summed E-state index contributed by atoms with van der Waals surface area (Å²) in [4.78, 5) is 20.6. The normalized spacial score (nSPS) is 15.2. The van der Waals surface area contributed by atoms with Crippen LogP contribution >= 0.6 is 11.3 Å². The van der Waals surface area contributed by atoms with Gasteiger partial charge in [0.1, 0.15) is 0 Å². The monoisotopic (exact) mass is 445 g/mol. The number of thiophene rings is 1. The summed E-state index contributed by atoms with van der Waals surface area (Å²) in [7, 11) is 2.13. The van der Waals surface area contributed by atoms with Crippen molar-refractivity contribution < 1.29 is 9.53 Å². The minimum absolute atomic E-state index is 0.179. The molecule has 0 saturated carbocycles. The van der Waals surface area contributed by atoms with Gasteiger partial charge in [0.2, 0.25) is 0 Å². The van der Waals surface area contributed by atoms with Crippen LogP contribution in [0.5, 0.6) is 5.06 Å². The van der Waals surface area contributed by atoms with Gasteiger partial charge in [-0.15, -0.1) is 11.3 Å². The van der Waals surface area contributed by atoms with E-state index in [1.54, 1.807) is 0 Å². The molecule has 4 aromatic rings. The van der Waals surface area contributed by atoms with Gasteiger partial charge in [-0.25, -0.2) is 4.79 Å². The Morgan fingerprint density at radius 2 is 1.94 bits per heavy atom. The summed E-state index contributed by atoms with van der Waals surface area (Å²) >= 11 is 1.44. The Morgan fingerprint density at radius 1 is 1.09 bits per heavy atom. The van der Waals surface area contributed by atoms with Gasteiger partial charge in [0.05, 0.1) is 0 Å². The van der Waals surface area contributed by atoms with Crippen molar-refractivity contribution in [1.29, 1.82) is 0 Å². The molecule has 3 heterocycles. The van der Waals surface area contributed by atoms with Crippen molar-refractivity contribution in [2.45, 2.75) is 25.4 Å². The third-order valence-electron chi connectivity index (χ3n) is 6.21. The number of fused-ring (bicyclic) bond motifs is 1. The average Bonchev–Trinajstić information content (AvgIpc) is 3.50. The first-order chi connectivity index (χ1) is 15.7. The third-order valence-corrected chi connectivity index (χ3v) is 6.96. The number of carbonyl (C=O) groups is 1. The van der Waals surface area contributed by atoms with Crippen LogP contribution in [0.25, 0.3) is 22.0 Å². The highest BCUT2D eigenvalue weighted by Crippen LogP contribution is 2.27. The molecule has 1 aliphatic heterocycles. The molecule has 1 amide bonds. The van der Waals surface area contributed by atoms with Gasteiger partial charge in [-0.1, -0.05) is 24.3 Å². The Morgan fingerprint density at radius 3 is 2.75 bits per heavy atom. The van der Waals surface area contributed by atoms with Crippen LogP contribution in [0.2, 0.25) is 0 Å². The first-order valence-electron chi connectivity index (χ1n) is 11.0. The molecule has 0 unspecified atom stereocenters. The molecule has 2 aromatic carbocycles. The smallest absolute Gasteiger partial charge is 0.399 e. The minimum atomic E-state index is -0.263. The molecule has 0 atom stereocenters. The summed E-state index contributed by atoms with van der Waals surface area (Å²) in [5.74, 6) is 0. The van der Waals surface area contributed by atoms with E-state index in [4.69, 9.17) is 4.74 Å². The number of likely N-dealkylation sites (tertiary alicyclic amines) is 1. The lowest BCUT2D eigenvalue weighted by Crippen LogP contribution is -2.47. The Bertz CT molecular complexity index is 1190. The third kappa shape index (κ3) is 4.56. The van der Waals surface area contributed by atoms with Crippen molar-refractivity contribution in [2.75, 3.05) is 20.1 Å².